The number of hydrazone groups is 1. The van der Waals surface area contributed by atoms with Gasteiger partial charge < -0.3 is 9.47 Å². The van der Waals surface area contributed by atoms with Crippen molar-refractivity contribution in [3.8, 4) is 11.5 Å². The number of halogens is 1. The molecule has 0 N–H and O–H groups in total. The fourth-order valence-corrected chi connectivity index (χ4v) is 4.99. The highest BCUT2D eigenvalue weighted by atomic mass is 35.5. The second kappa shape index (κ2) is 8.43. The van der Waals surface area contributed by atoms with Crippen molar-refractivity contribution in [2.24, 2.45) is 28.8 Å². The average molecular weight is 451 g/mol. The molecule has 164 valence electrons. The molecule has 2 aromatic rings. The number of hydrogen-bond donors (Lipinski definition) is 0. The van der Waals surface area contributed by atoms with E-state index in [2.05, 4.69) is 17.3 Å². The zero-order valence-electron chi connectivity index (χ0n) is 17.6. The molecular formula is C25H23ClN2O4. The first-order chi connectivity index (χ1) is 15.5. The van der Waals surface area contributed by atoms with E-state index in [1.54, 1.807) is 12.1 Å². The van der Waals surface area contributed by atoms with Gasteiger partial charge in [-0.3, -0.25) is 9.59 Å². The fourth-order valence-electron chi connectivity index (χ4n) is 4.86. The van der Waals surface area contributed by atoms with E-state index >= 15 is 0 Å². The van der Waals surface area contributed by atoms with E-state index in [9.17, 15) is 9.59 Å². The third-order valence-corrected chi connectivity index (χ3v) is 6.60. The van der Waals surface area contributed by atoms with Gasteiger partial charge in [0.1, 0.15) is 6.61 Å². The van der Waals surface area contributed by atoms with Crippen LogP contribution >= 0.6 is 11.6 Å². The van der Waals surface area contributed by atoms with Gasteiger partial charge in [0.05, 0.1) is 24.7 Å². The van der Waals surface area contributed by atoms with Crippen LogP contribution in [0.15, 0.2) is 59.7 Å². The zero-order chi connectivity index (χ0) is 22.2. The molecule has 5 rings (SSSR count). The largest absolute Gasteiger partial charge is 0.490 e. The number of benzene rings is 2. The molecule has 2 amide bonds. The topological polar surface area (TPSA) is 68.2 Å². The van der Waals surface area contributed by atoms with Crippen LogP contribution in [0, 0.1) is 23.7 Å². The third kappa shape index (κ3) is 3.69. The Morgan fingerprint density at radius 3 is 2.34 bits per heavy atom. The summed E-state index contributed by atoms with van der Waals surface area (Å²) in [6.07, 6.45) is 6.57. The van der Waals surface area contributed by atoms with Crippen molar-refractivity contribution >= 4 is 29.6 Å². The lowest BCUT2D eigenvalue weighted by Gasteiger charge is -2.13. The molecule has 0 unspecified atom stereocenters. The van der Waals surface area contributed by atoms with Crippen LogP contribution < -0.4 is 9.47 Å². The summed E-state index contributed by atoms with van der Waals surface area (Å²) in [6, 6.07) is 12.9. The molecule has 0 spiro atoms. The summed E-state index contributed by atoms with van der Waals surface area (Å²) in [5.74, 6) is 0.622. The van der Waals surface area contributed by atoms with Gasteiger partial charge in [-0.05, 0) is 66.6 Å². The number of carbonyl (C=O) groups is 2. The molecule has 3 aliphatic rings. The first-order valence-corrected chi connectivity index (χ1v) is 11.2. The number of fused-ring (bicyclic) bond motifs is 5. The molecule has 32 heavy (non-hydrogen) atoms. The lowest BCUT2D eigenvalue weighted by atomic mass is 9.85. The summed E-state index contributed by atoms with van der Waals surface area (Å²) in [4.78, 5) is 25.6. The number of carbonyl (C=O) groups excluding carboxylic acids is 2. The van der Waals surface area contributed by atoms with Gasteiger partial charge in [0.25, 0.3) is 11.8 Å². The van der Waals surface area contributed by atoms with Crippen molar-refractivity contribution in [2.45, 2.75) is 20.0 Å². The van der Waals surface area contributed by atoms with Gasteiger partial charge in [0.15, 0.2) is 11.5 Å². The van der Waals surface area contributed by atoms with Gasteiger partial charge in [-0.25, -0.2) is 0 Å². The fraction of sp³-hybridized carbons (Fsp3) is 0.320. The molecule has 1 saturated heterocycles. The van der Waals surface area contributed by atoms with Gasteiger partial charge in [-0.15, -0.1) is 0 Å². The lowest BCUT2D eigenvalue weighted by molar-refractivity contribution is -0.140. The molecule has 4 atom stereocenters. The highest BCUT2D eigenvalue weighted by Crippen LogP contribution is 2.52. The average Bonchev–Trinajstić information content (AvgIpc) is 3.47. The van der Waals surface area contributed by atoms with Crippen molar-refractivity contribution in [2.75, 3.05) is 6.61 Å². The Hall–Kier alpha value is -3.12. The van der Waals surface area contributed by atoms with Crippen molar-refractivity contribution in [1.29, 1.82) is 0 Å². The molecular weight excluding hydrogens is 428 g/mol. The maximum atomic E-state index is 12.8. The minimum Gasteiger partial charge on any atom is -0.490 e. The maximum absolute atomic E-state index is 12.8. The molecule has 1 aliphatic heterocycles. The second-order valence-corrected chi connectivity index (χ2v) is 8.72. The zero-order valence-corrected chi connectivity index (χ0v) is 18.4. The highest BCUT2D eigenvalue weighted by molar-refractivity contribution is 6.30. The second-order valence-electron chi connectivity index (χ2n) is 8.29. The molecule has 1 saturated carbocycles. The summed E-state index contributed by atoms with van der Waals surface area (Å²) in [7, 11) is 0. The number of ether oxygens (including phenoxy) is 2. The molecule has 2 aliphatic carbocycles. The predicted molar refractivity (Wildman–Crippen MR) is 121 cm³/mol. The van der Waals surface area contributed by atoms with Crippen LogP contribution in [0.1, 0.15) is 24.5 Å². The normalized spacial score (nSPS) is 25.8. The van der Waals surface area contributed by atoms with Gasteiger partial charge in [0.2, 0.25) is 0 Å². The molecule has 2 aromatic carbocycles. The number of amides is 2. The highest BCUT2D eigenvalue weighted by Gasteiger charge is 2.59. The molecule has 0 aromatic heterocycles. The predicted octanol–water partition coefficient (Wildman–Crippen LogP) is 4.46. The van der Waals surface area contributed by atoms with Crippen molar-refractivity contribution in [1.82, 2.24) is 5.01 Å². The monoisotopic (exact) mass is 450 g/mol. The number of imide groups is 1. The Morgan fingerprint density at radius 1 is 1.00 bits per heavy atom. The number of allylic oxidation sites excluding steroid dienone is 2. The van der Waals surface area contributed by atoms with E-state index < -0.39 is 0 Å². The van der Waals surface area contributed by atoms with E-state index in [0.29, 0.717) is 35.3 Å². The van der Waals surface area contributed by atoms with Crippen LogP contribution in [-0.2, 0) is 16.2 Å². The standard InChI is InChI=1S/C25H23ClN2O4/c1-2-31-21-11-16(5-10-20(21)32-14-15-3-8-19(26)9-4-15)13-27-28-24(29)22-17-6-7-18(12-17)23(22)25(28)30/h3-11,13,17-18,22-23H,2,12,14H2,1H3/t17-,18-,22-,23+/m0/s1. The Morgan fingerprint density at radius 2 is 1.69 bits per heavy atom. The molecule has 2 bridgehead atoms. The van der Waals surface area contributed by atoms with Crippen molar-refractivity contribution in [3.05, 3.63) is 70.8 Å². The lowest BCUT2D eigenvalue weighted by Crippen LogP contribution is -2.28. The van der Waals surface area contributed by atoms with Crippen LogP contribution in [0.5, 0.6) is 11.5 Å². The summed E-state index contributed by atoms with van der Waals surface area (Å²) in [5, 5.41) is 5.96. The van der Waals surface area contributed by atoms with E-state index in [1.807, 2.05) is 37.3 Å². The molecule has 7 heteroatoms. The van der Waals surface area contributed by atoms with E-state index in [-0.39, 0.29) is 35.5 Å². The third-order valence-electron chi connectivity index (χ3n) is 6.34. The molecule has 2 fully saturated rings. The summed E-state index contributed by atoms with van der Waals surface area (Å²) < 4.78 is 11.7. The maximum Gasteiger partial charge on any atom is 0.254 e. The summed E-state index contributed by atoms with van der Waals surface area (Å²) in [5.41, 5.74) is 1.70. The Bertz CT molecular complexity index is 1080. The Kier molecular flexibility index (Phi) is 5.47. The minimum absolute atomic E-state index is 0.170. The first-order valence-electron chi connectivity index (χ1n) is 10.8. The van der Waals surface area contributed by atoms with Gasteiger partial charge >= 0.3 is 0 Å². The van der Waals surface area contributed by atoms with Crippen LogP contribution in [-0.4, -0.2) is 29.6 Å². The number of nitrogens with zero attached hydrogens (tertiary/aromatic N) is 2. The molecule has 6 nitrogen and oxygen atoms in total. The summed E-state index contributed by atoms with van der Waals surface area (Å²) >= 11 is 5.93. The Labute approximate surface area is 191 Å². The van der Waals surface area contributed by atoms with Crippen molar-refractivity contribution in [3.63, 3.8) is 0 Å². The van der Waals surface area contributed by atoms with Crippen LogP contribution in [0.2, 0.25) is 5.02 Å². The summed E-state index contributed by atoms with van der Waals surface area (Å²) in [6.45, 7) is 2.74. The van der Waals surface area contributed by atoms with E-state index in [4.69, 9.17) is 21.1 Å². The van der Waals surface area contributed by atoms with Gasteiger partial charge in [0, 0.05) is 5.02 Å². The van der Waals surface area contributed by atoms with Gasteiger partial charge in [-0.1, -0.05) is 35.9 Å². The Balaban J connectivity index is 1.30. The molecule has 0 radical (unpaired) electrons. The smallest absolute Gasteiger partial charge is 0.254 e. The SMILES string of the molecule is CCOc1cc(C=NN2C(=O)[C@@H]3[C@H](C2=O)[C@H]2C=C[C@H]3C2)ccc1OCc1ccc(Cl)cc1. The van der Waals surface area contributed by atoms with E-state index in [0.717, 1.165) is 17.0 Å². The minimum atomic E-state index is -0.253. The van der Waals surface area contributed by atoms with Crippen LogP contribution in [0.25, 0.3) is 0 Å². The number of rotatable bonds is 7. The number of hydrogen-bond acceptors (Lipinski definition) is 5. The van der Waals surface area contributed by atoms with E-state index in [1.165, 1.54) is 6.21 Å². The van der Waals surface area contributed by atoms with Crippen LogP contribution in [0.3, 0.4) is 0 Å². The first kappa shape index (κ1) is 20.8. The molecule has 1 heterocycles. The van der Waals surface area contributed by atoms with Gasteiger partial charge in [-0.2, -0.15) is 10.1 Å². The quantitative estimate of drug-likeness (QED) is 0.355. The van der Waals surface area contributed by atoms with Crippen LogP contribution in [0.4, 0.5) is 0 Å². The van der Waals surface area contributed by atoms with Crippen molar-refractivity contribution < 1.29 is 19.1 Å².